The fourth-order valence-electron chi connectivity index (χ4n) is 2.72. The standard InChI is InChI=1S/C20H20N2O/c21-19(20(23)22-14-15-7-2-1-3-8-15)13-17-11-6-10-16-9-4-5-12-18(16)17/h1-12,19H,13-14,21H2,(H,22,23)/t19-/m1/s1. The fourth-order valence-corrected chi connectivity index (χ4v) is 2.72. The number of carbonyl (C=O) groups is 1. The van der Waals surface area contributed by atoms with E-state index in [1.807, 2.05) is 54.6 Å². The van der Waals surface area contributed by atoms with Crippen molar-refractivity contribution in [2.45, 2.75) is 19.0 Å². The average Bonchev–Trinajstić information content (AvgIpc) is 2.61. The topological polar surface area (TPSA) is 55.1 Å². The molecule has 0 saturated heterocycles. The summed E-state index contributed by atoms with van der Waals surface area (Å²) in [5, 5.41) is 5.23. The summed E-state index contributed by atoms with van der Waals surface area (Å²) < 4.78 is 0. The number of carbonyl (C=O) groups excluding carboxylic acids is 1. The second-order valence-electron chi connectivity index (χ2n) is 5.65. The Bertz CT molecular complexity index is 794. The van der Waals surface area contributed by atoms with Gasteiger partial charge < -0.3 is 11.1 Å². The van der Waals surface area contributed by atoms with Gasteiger partial charge in [-0.25, -0.2) is 0 Å². The normalized spacial score (nSPS) is 12.0. The van der Waals surface area contributed by atoms with Gasteiger partial charge in [0, 0.05) is 6.54 Å². The van der Waals surface area contributed by atoms with Crippen LogP contribution in [0.3, 0.4) is 0 Å². The summed E-state index contributed by atoms with van der Waals surface area (Å²) in [6, 6.07) is 23.5. The fraction of sp³-hybridized carbons (Fsp3) is 0.150. The molecule has 23 heavy (non-hydrogen) atoms. The Hall–Kier alpha value is -2.65. The molecule has 0 heterocycles. The first-order valence-corrected chi connectivity index (χ1v) is 7.78. The maximum atomic E-state index is 12.2. The van der Waals surface area contributed by atoms with Crippen LogP contribution < -0.4 is 11.1 Å². The first-order chi connectivity index (χ1) is 11.2. The molecule has 0 unspecified atom stereocenters. The van der Waals surface area contributed by atoms with Crippen LogP contribution in [0.1, 0.15) is 11.1 Å². The molecule has 0 aromatic heterocycles. The van der Waals surface area contributed by atoms with Gasteiger partial charge in [-0.05, 0) is 28.3 Å². The Labute approximate surface area is 136 Å². The Morgan fingerprint density at radius 2 is 1.61 bits per heavy atom. The number of hydrogen-bond acceptors (Lipinski definition) is 2. The van der Waals surface area contributed by atoms with Gasteiger partial charge in [0.15, 0.2) is 0 Å². The molecule has 116 valence electrons. The minimum atomic E-state index is -0.551. The van der Waals surface area contributed by atoms with E-state index in [1.165, 1.54) is 5.39 Å². The molecule has 3 aromatic carbocycles. The Morgan fingerprint density at radius 1 is 0.913 bits per heavy atom. The summed E-state index contributed by atoms with van der Waals surface area (Å²) in [5.41, 5.74) is 8.26. The van der Waals surface area contributed by atoms with Gasteiger partial charge in [0.25, 0.3) is 0 Å². The highest BCUT2D eigenvalue weighted by Gasteiger charge is 2.15. The summed E-state index contributed by atoms with van der Waals surface area (Å²) in [4.78, 5) is 12.2. The molecule has 3 N–H and O–H groups in total. The number of benzene rings is 3. The van der Waals surface area contributed by atoms with Crippen molar-refractivity contribution in [1.29, 1.82) is 0 Å². The quantitative estimate of drug-likeness (QED) is 0.761. The van der Waals surface area contributed by atoms with Crippen LogP contribution in [-0.2, 0) is 17.8 Å². The van der Waals surface area contributed by atoms with Gasteiger partial charge >= 0.3 is 0 Å². The molecule has 3 heteroatoms. The lowest BCUT2D eigenvalue weighted by Gasteiger charge is -2.14. The van der Waals surface area contributed by atoms with E-state index < -0.39 is 6.04 Å². The first-order valence-electron chi connectivity index (χ1n) is 7.78. The van der Waals surface area contributed by atoms with Gasteiger partial charge in [-0.15, -0.1) is 0 Å². The van der Waals surface area contributed by atoms with Crippen LogP contribution in [0.15, 0.2) is 72.8 Å². The summed E-state index contributed by atoms with van der Waals surface area (Å²) in [5.74, 6) is -0.123. The molecule has 0 fully saturated rings. The molecule has 0 aliphatic heterocycles. The van der Waals surface area contributed by atoms with Gasteiger partial charge in [0.2, 0.25) is 5.91 Å². The van der Waals surface area contributed by atoms with Crippen molar-refractivity contribution in [3.63, 3.8) is 0 Å². The Kier molecular flexibility index (Phi) is 4.69. The van der Waals surface area contributed by atoms with Crippen molar-refractivity contribution in [1.82, 2.24) is 5.32 Å². The lowest BCUT2D eigenvalue weighted by Crippen LogP contribution is -2.41. The highest BCUT2D eigenvalue weighted by molar-refractivity contribution is 5.87. The highest BCUT2D eigenvalue weighted by atomic mass is 16.2. The third-order valence-electron chi connectivity index (χ3n) is 3.97. The highest BCUT2D eigenvalue weighted by Crippen LogP contribution is 2.19. The SMILES string of the molecule is N[C@H](Cc1cccc2ccccc12)C(=O)NCc1ccccc1. The molecule has 3 nitrogen and oxygen atoms in total. The monoisotopic (exact) mass is 304 g/mol. The molecule has 1 amide bonds. The number of rotatable bonds is 5. The molecule has 0 aliphatic rings. The molecular weight excluding hydrogens is 284 g/mol. The third kappa shape index (κ3) is 3.76. The van der Waals surface area contributed by atoms with E-state index >= 15 is 0 Å². The zero-order valence-corrected chi connectivity index (χ0v) is 12.9. The number of amides is 1. The van der Waals surface area contributed by atoms with Crippen molar-refractivity contribution in [3.8, 4) is 0 Å². The van der Waals surface area contributed by atoms with E-state index in [0.717, 1.165) is 16.5 Å². The molecule has 3 rings (SSSR count). The maximum Gasteiger partial charge on any atom is 0.237 e. The van der Waals surface area contributed by atoms with Gasteiger partial charge in [-0.1, -0.05) is 72.8 Å². The largest absolute Gasteiger partial charge is 0.351 e. The predicted octanol–water partition coefficient (Wildman–Crippen LogP) is 3.03. The van der Waals surface area contributed by atoms with Crippen LogP contribution >= 0.6 is 0 Å². The molecule has 0 bridgehead atoms. The number of fused-ring (bicyclic) bond motifs is 1. The minimum absolute atomic E-state index is 0.123. The second kappa shape index (κ2) is 7.07. The molecule has 0 spiro atoms. The molecule has 1 atom stereocenters. The summed E-state index contributed by atoms with van der Waals surface area (Å²) in [6.45, 7) is 0.503. The lowest BCUT2D eigenvalue weighted by molar-refractivity contribution is -0.122. The summed E-state index contributed by atoms with van der Waals surface area (Å²) >= 11 is 0. The van der Waals surface area contributed by atoms with Crippen LogP contribution in [0.4, 0.5) is 0 Å². The number of nitrogens with two attached hydrogens (primary N) is 1. The third-order valence-corrected chi connectivity index (χ3v) is 3.97. The van der Waals surface area contributed by atoms with E-state index in [0.29, 0.717) is 13.0 Å². The van der Waals surface area contributed by atoms with Crippen molar-refractivity contribution in [3.05, 3.63) is 83.9 Å². The zero-order chi connectivity index (χ0) is 16.1. The minimum Gasteiger partial charge on any atom is -0.351 e. The van der Waals surface area contributed by atoms with Gasteiger partial charge in [0.05, 0.1) is 6.04 Å². The Balaban J connectivity index is 1.66. The molecule has 0 radical (unpaired) electrons. The lowest BCUT2D eigenvalue weighted by atomic mass is 9.99. The van der Waals surface area contributed by atoms with E-state index in [9.17, 15) is 4.79 Å². The smallest absolute Gasteiger partial charge is 0.237 e. The van der Waals surface area contributed by atoms with Gasteiger partial charge in [0.1, 0.15) is 0 Å². The van der Waals surface area contributed by atoms with Crippen LogP contribution in [0.25, 0.3) is 10.8 Å². The molecule has 0 aliphatic carbocycles. The van der Waals surface area contributed by atoms with Gasteiger partial charge in [-0.3, -0.25) is 4.79 Å². The van der Waals surface area contributed by atoms with Crippen molar-refractivity contribution < 1.29 is 4.79 Å². The van der Waals surface area contributed by atoms with Crippen LogP contribution in [0.5, 0.6) is 0 Å². The maximum absolute atomic E-state index is 12.2. The van der Waals surface area contributed by atoms with E-state index in [1.54, 1.807) is 0 Å². The van der Waals surface area contributed by atoms with Crippen molar-refractivity contribution in [2.24, 2.45) is 5.73 Å². The van der Waals surface area contributed by atoms with Gasteiger partial charge in [-0.2, -0.15) is 0 Å². The van der Waals surface area contributed by atoms with Crippen LogP contribution in [0, 0.1) is 0 Å². The van der Waals surface area contributed by atoms with Crippen LogP contribution in [-0.4, -0.2) is 11.9 Å². The summed E-state index contributed by atoms with van der Waals surface area (Å²) in [6.07, 6.45) is 0.530. The number of nitrogens with one attached hydrogen (secondary N) is 1. The predicted molar refractivity (Wildman–Crippen MR) is 93.9 cm³/mol. The first kappa shape index (κ1) is 15.3. The van der Waals surface area contributed by atoms with E-state index in [2.05, 4.69) is 23.5 Å². The molecule has 3 aromatic rings. The zero-order valence-electron chi connectivity index (χ0n) is 12.9. The van der Waals surface area contributed by atoms with Crippen molar-refractivity contribution >= 4 is 16.7 Å². The average molecular weight is 304 g/mol. The molecule has 0 saturated carbocycles. The molecular formula is C20H20N2O. The second-order valence-corrected chi connectivity index (χ2v) is 5.65. The Morgan fingerprint density at radius 3 is 2.43 bits per heavy atom. The van der Waals surface area contributed by atoms with Crippen molar-refractivity contribution in [2.75, 3.05) is 0 Å². The van der Waals surface area contributed by atoms with E-state index in [4.69, 9.17) is 5.73 Å². The van der Waals surface area contributed by atoms with Crippen LogP contribution in [0.2, 0.25) is 0 Å². The number of hydrogen-bond donors (Lipinski definition) is 2. The van der Waals surface area contributed by atoms with E-state index in [-0.39, 0.29) is 5.91 Å². The summed E-state index contributed by atoms with van der Waals surface area (Å²) in [7, 11) is 0.